The number of hydrogen-bond donors (Lipinski definition) is 1. The first-order valence-corrected chi connectivity index (χ1v) is 7.53. The smallest absolute Gasteiger partial charge is 0.231 e. The zero-order chi connectivity index (χ0) is 14.9. The molecule has 20 heavy (non-hydrogen) atoms. The highest BCUT2D eigenvalue weighted by atomic mass is 32.1. The summed E-state index contributed by atoms with van der Waals surface area (Å²) < 4.78 is 0. The minimum Gasteiger partial charge on any atom is -0.321 e. The van der Waals surface area contributed by atoms with Crippen LogP contribution >= 0.6 is 11.3 Å². The molecular formula is C14H20N4OS. The van der Waals surface area contributed by atoms with Crippen LogP contribution in [0.5, 0.6) is 0 Å². The fourth-order valence-electron chi connectivity index (χ4n) is 2.16. The van der Waals surface area contributed by atoms with E-state index in [-0.39, 0.29) is 23.3 Å². The Morgan fingerprint density at radius 1 is 1.55 bits per heavy atom. The molecule has 2 rings (SSSR count). The number of carbonyl (C=O) groups excluding carboxylic acids is 1. The zero-order valence-corrected chi connectivity index (χ0v) is 13.1. The molecule has 1 heterocycles. The van der Waals surface area contributed by atoms with Gasteiger partial charge in [-0.05, 0) is 18.3 Å². The quantitative estimate of drug-likeness (QED) is 0.685. The number of nitrogens with one attached hydrogen (secondary N) is 1. The number of nitrogens with zero attached hydrogens (tertiary/aromatic N) is 3. The van der Waals surface area contributed by atoms with Crippen LogP contribution in [0.4, 0.5) is 5.13 Å². The van der Waals surface area contributed by atoms with Crippen LogP contribution in [0.2, 0.25) is 0 Å². The van der Waals surface area contributed by atoms with Crippen LogP contribution in [0.1, 0.15) is 38.5 Å². The minimum absolute atomic E-state index is 0.00726. The summed E-state index contributed by atoms with van der Waals surface area (Å²) in [6.07, 6.45) is 5.24. The van der Waals surface area contributed by atoms with Crippen molar-refractivity contribution in [3.8, 4) is 6.19 Å². The molecule has 0 radical (unpaired) electrons. The van der Waals surface area contributed by atoms with Crippen molar-refractivity contribution in [2.45, 2.75) is 45.1 Å². The summed E-state index contributed by atoms with van der Waals surface area (Å²) >= 11 is 1.57. The number of amides is 1. The van der Waals surface area contributed by atoms with E-state index in [0.29, 0.717) is 0 Å². The molecular weight excluding hydrogens is 272 g/mol. The lowest BCUT2D eigenvalue weighted by molar-refractivity contribution is -0.125. The van der Waals surface area contributed by atoms with Crippen LogP contribution in [0.25, 0.3) is 0 Å². The van der Waals surface area contributed by atoms with Gasteiger partial charge in [-0.1, -0.05) is 20.8 Å². The van der Waals surface area contributed by atoms with Crippen LogP contribution in [0, 0.1) is 17.4 Å². The molecule has 1 fully saturated rings. The van der Waals surface area contributed by atoms with Crippen LogP contribution in [-0.2, 0) is 10.2 Å². The molecule has 0 spiro atoms. The highest BCUT2D eigenvalue weighted by Gasteiger charge is 2.37. The van der Waals surface area contributed by atoms with E-state index in [4.69, 9.17) is 5.26 Å². The molecule has 108 valence electrons. The van der Waals surface area contributed by atoms with E-state index < -0.39 is 0 Å². The Kier molecular flexibility index (Phi) is 4.00. The van der Waals surface area contributed by atoms with Crippen LogP contribution < -0.4 is 10.2 Å². The van der Waals surface area contributed by atoms with Crippen molar-refractivity contribution < 1.29 is 4.79 Å². The van der Waals surface area contributed by atoms with Gasteiger partial charge in [0.05, 0.1) is 0 Å². The van der Waals surface area contributed by atoms with Gasteiger partial charge in [0, 0.05) is 30.1 Å². The summed E-state index contributed by atoms with van der Waals surface area (Å²) in [6, 6.07) is 0.156. The third kappa shape index (κ3) is 2.93. The van der Waals surface area contributed by atoms with Gasteiger partial charge < -0.3 is 5.32 Å². The maximum atomic E-state index is 12.3. The first-order chi connectivity index (χ1) is 9.32. The first kappa shape index (κ1) is 14.8. The summed E-state index contributed by atoms with van der Waals surface area (Å²) in [7, 11) is 1.78. The number of rotatable bonds is 3. The highest BCUT2D eigenvalue weighted by molar-refractivity contribution is 7.15. The normalized spacial score (nSPS) is 21.8. The Balaban J connectivity index is 1.98. The van der Waals surface area contributed by atoms with Gasteiger partial charge in [-0.3, -0.25) is 9.69 Å². The van der Waals surface area contributed by atoms with Gasteiger partial charge in [0.15, 0.2) is 11.3 Å². The maximum Gasteiger partial charge on any atom is 0.231 e. The molecule has 6 heteroatoms. The van der Waals surface area contributed by atoms with E-state index >= 15 is 0 Å². The van der Waals surface area contributed by atoms with E-state index in [2.05, 4.69) is 31.1 Å². The lowest BCUT2D eigenvalue weighted by atomic mass is 9.79. The van der Waals surface area contributed by atoms with Gasteiger partial charge in [-0.25, -0.2) is 4.98 Å². The molecule has 0 atom stereocenters. The van der Waals surface area contributed by atoms with Crippen molar-refractivity contribution in [1.29, 1.82) is 5.26 Å². The number of anilines is 1. The van der Waals surface area contributed by atoms with Crippen LogP contribution in [0.15, 0.2) is 6.20 Å². The average molecular weight is 292 g/mol. The second kappa shape index (κ2) is 5.41. The molecule has 0 unspecified atom stereocenters. The molecule has 1 aliphatic rings. The monoisotopic (exact) mass is 292 g/mol. The Bertz CT molecular complexity index is 534. The Hall–Kier alpha value is -1.61. The molecule has 1 N–H and O–H groups in total. The van der Waals surface area contributed by atoms with Crippen LogP contribution in [-0.4, -0.2) is 24.0 Å². The summed E-state index contributed by atoms with van der Waals surface area (Å²) in [6.45, 7) is 6.41. The molecule has 1 amide bonds. The second-order valence-corrected chi connectivity index (χ2v) is 7.28. The number of carbonyl (C=O) groups is 1. The van der Waals surface area contributed by atoms with Gasteiger partial charge in [0.1, 0.15) is 0 Å². The third-order valence-electron chi connectivity index (χ3n) is 3.61. The Morgan fingerprint density at radius 2 is 2.20 bits per heavy atom. The molecule has 0 bridgehead atoms. The number of aromatic nitrogens is 1. The van der Waals surface area contributed by atoms with Crippen molar-refractivity contribution in [2.75, 3.05) is 11.9 Å². The molecule has 0 aliphatic heterocycles. The zero-order valence-electron chi connectivity index (χ0n) is 12.3. The standard InChI is InChI=1S/C14H20N4OS/c1-14(2,3)11-7-16-13(20-11)18(4)12(19)9-5-10(6-9)17-8-15/h7,9-10,17H,5-6H2,1-4H3. The topological polar surface area (TPSA) is 69.0 Å². The van der Waals surface area contributed by atoms with E-state index in [1.165, 1.54) is 4.88 Å². The molecule has 0 saturated heterocycles. The van der Waals surface area contributed by atoms with Crippen LogP contribution in [0.3, 0.4) is 0 Å². The van der Waals surface area contributed by atoms with Gasteiger partial charge in [0.2, 0.25) is 5.91 Å². The summed E-state index contributed by atoms with van der Waals surface area (Å²) in [4.78, 5) is 19.5. The second-order valence-electron chi connectivity index (χ2n) is 6.28. The predicted octanol–water partition coefficient (Wildman–Crippen LogP) is 2.25. The third-order valence-corrected chi connectivity index (χ3v) is 5.11. The van der Waals surface area contributed by atoms with E-state index in [0.717, 1.165) is 18.0 Å². The van der Waals surface area contributed by atoms with E-state index in [1.807, 2.05) is 12.4 Å². The van der Waals surface area contributed by atoms with Crippen molar-refractivity contribution in [3.63, 3.8) is 0 Å². The Morgan fingerprint density at radius 3 is 2.70 bits per heavy atom. The number of nitriles is 1. The first-order valence-electron chi connectivity index (χ1n) is 6.71. The molecule has 1 aliphatic carbocycles. The van der Waals surface area contributed by atoms with Gasteiger partial charge in [-0.15, -0.1) is 11.3 Å². The predicted molar refractivity (Wildman–Crippen MR) is 79.5 cm³/mol. The molecule has 5 nitrogen and oxygen atoms in total. The summed E-state index contributed by atoms with van der Waals surface area (Å²) in [5.41, 5.74) is 0.0537. The fraction of sp³-hybridized carbons (Fsp3) is 0.643. The molecule has 0 aromatic carbocycles. The summed E-state index contributed by atoms with van der Waals surface area (Å²) in [5.74, 6) is 0.101. The minimum atomic E-state index is 0.00726. The van der Waals surface area contributed by atoms with Crippen molar-refractivity contribution in [2.24, 2.45) is 5.92 Å². The molecule has 1 aromatic rings. The maximum absolute atomic E-state index is 12.3. The van der Waals surface area contributed by atoms with Crippen molar-refractivity contribution in [3.05, 3.63) is 11.1 Å². The largest absolute Gasteiger partial charge is 0.321 e. The van der Waals surface area contributed by atoms with Gasteiger partial charge in [0.25, 0.3) is 0 Å². The Labute approximate surface area is 123 Å². The van der Waals surface area contributed by atoms with Gasteiger partial charge in [-0.2, -0.15) is 5.26 Å². The molecule has 1 saturated carbocycles. The van der Waals surface area contributed by atoms with Crippen molar-refractivity contribution in [1.82, 2.24) is 10.3 Å². The lowest BCUT2D eigenvalue weighted by Gasteiger charge is -2.34. The average Bonchev–Trinajstić information content (AvgIpc) is 2.80. The SMILES string of the molecule is CN(C(=O)C1CC(NC#N)C1)c1ncc(C(C)(C)C)s1. The van der Waals surface area contributed by atoms with Gasteiger partial charge >= 0.3 is 0 Å². The van der Waals surface area contributed by atoms with Crippen molar-refractivity contribution >= 4 is 22.4 Å². The lowest BCUT2D eigenvalue weighted by Crippen LogP contribution is -2.46. The summed E-state index contributed by atoms with van der Waals surface area (Å²) in [5, 5.41) is 12.0. The highest BCUT2D eigenvalue weighted by Crippen LogP contribution is 2.34. The number of hydrogen-bond acceptors (Lipinski definition) is 5. The van der Waals surface area contributed by atoms with E-state index in [1.54, 1.807) is 23.3 Å². The van der Waals surface area contributed by atoms with E-state index in [9.17, 15) is 4.79 Å². The fourth-order valence-corrected chi connectivity index (χ4v) is 3.10. The molecule has 1 aromatic heterocycles. The number of thiazole rings is 1.